The molecule has 5 heteroatoms. The molecular weight excluding hydrogens is 298 g/mol. The van der Waals surface area contributed by atoms with Crippen LogP contribution in [0.15, 0.2) is 22.7 Å². The van der Waals surface area contributed by atoms with E-state index in [2.05, 4.69) is 15.9 Å². The molecule has 0 atom stereocenters. The largest absolute Gasteiger partial charge is 0.493 e. The zero-order valence-corrected chi connectivity index (χ0v) is 12.1. The van der Waals surface area contributed by atoms with E-state index in [1.807, 2.05) is 6.07 Å². The molecule has 1 aromatic rings. The molecule has 1 fully saturated rings. The molecule has 1 saturated carbocycles. The van der Waals surface area contributed by atoms with Crippen molar-refractivity contribution in [3.8, 4) is 5.75 Å². The standard InChI is InChI=1S/C13H16BrNO3/c1-15(17-2)13(16)10-5-11(14)7-12(6-10)18-8-9-3-4-9/h5-7,9H,3-4,8H2,1-2H3. The second kappa shape index (κ2) is 5.71. The van der Waals surface area contributed by atoms with Crippen LogP contribution >= 0.6 is 15.9 Å². The van der Waals surface area contributed by atoms with Crippen LogP contribution in [-0.2, 0) is 4.84 Å². The molecule has 98 valence electrons. The maximum atomic E-state index is 12.0. The Balaban J connectivity index is 2.11. The van der Waals surface area contributed by atoms with E-state index in [1.165, 1.54) is 25.0 Å². The summed E-state index contributed by atoms with van der Waals surface area (Å²) in [5, 5.41) is 1.19. The van der Waals surface area contributed by atoms with Gasteiger partial charge in [-0.05, 0) is 37.0 Å². The summed E-state index contributed by atoms with van der Waals surface area (Å²) in [4.78, 5) is 16.8. The lowest BCUT2D eigenvalue weighted by molar-refractivity contribution is -0.0757. The molecule has 1 aliphatic carbocycles. The number of hydrogen-bond donors (Lipinski definition) is 0. The summed E-state index contributed by atoms with van der Waals surface area (Å²) in [7, 11) is 3.04. The van der Waals surface area contributed by atoms with E-state index in [0.717, 1.165) is 11.1 Å². The lowest BCUT2D eigenvalue weighted by Crippen LogP contribution is -2.25. The van der Waals surface area contributed by atoms with Crippen molar-refractivity contribution in [2.24, 2.45) is 5.92 Å². The van der Waals surface area contributed by atoms with Crippen LogP contribution in [0.1, 0.15) is 23.2 Å². The van der Waals surface area contributed by atoms with Gasteiger partial charge in [-0.2, -0.15) is 0 Å². The van der Waals surface area contributed by atoms with Crippen molar-refractivity contribution in [3.05, 3.63) is 28.2 Å². The van der Waals surface area contributed by atoms with Gasteiger partial charge in [0.15, 0.2) is 0 Å². The SMILES string of the molecule is CON(C)C(=O)c1cc(Br)cc(OCC2CC2)c1. The molecule has 4 nitrogen and oxygen atoms in total. The number of rotatable bonds is 5. The van der Waals surface area contributed by atoms with Crippen LogP contribution in [0.3, 0.4) is 0 Å². The van der Waals surface area contributed by atoms with E-state index < -0.39 is 0 Å². The van der Waals surface area contributed by atoms with Gasteiger partial charge in [-0.15, -0.1) is 0 Å². The summed E-state index contributed by atoms with van der Waals surface area (Å²) in [6.45, 7) is 0.726. The number of carbonyl (C=O) groups excluding carboxylic acids is 1. The van der Waals surface area contributed by atoms with Gasteiger partial charge in [-0.3, -0.25) is 9.63 Å². The normalized spacial score (nSPS) is 14.4. The van der Waals surface area contributed by atoms with E-state index in [9.17, 15) is 4.79 Å². The Bertz CT molecular complexity index is 446. The predicted molar refractivity (Wildman–Crippen MR) is 71.5 cm³/mol. The lowest BCUT2D eigenvalue weighted by Gasteiger charge is -2.14. The Morgan fingerprint density at radius 3 is 2.78 bits per heavy atom. The number of hydroxylamine groups is 2. The summed E-state index contributed by atoms with van der Waals surface area (Å²) < 4.78 is 6.50. The number of benzene rings is 1. The number of ether oxygens (including phenoxy) is 1. The number of amides is 1. The average Bonchev–Trinajstić information content (AvgIpc) is 3.18. The molecule has 0 saturated heterocycles. The van der Waals surface area contributed by atoms with Gasteiger partial charge in [-0.1, -0.05) is 15.9 Å². The first-order valence-corrected chi connectivity index (χ1v) is 6.65. The number of halogens is 1. The number of carbonyl (C=O) groups is 1. The van der Waals surface area contributed by atoms with Crippen LogP contribution < -0.4 is 4.74 Å². The highest BCUT2D eigenvalue weighted by Gasteiger charge is 2.22. The Morgan fingerprint density at radius 1 is 1.44 bits per heavy atom. The molecule has 0 unspecified atom stereocenters. The molecule has 2 rings (SSSR count). The van der Waals surface area contributed by atoms with Gasteiger partial charge in [0.25, 0.3) is 5.91 Å². The zero-order chi connectivity index (χ0) is 13.1. The maximum Gasteiger partial charge on any atom is 0.277 e. The van der Waals surface area contributed by atoms with Crippen molar-refractivity contribution < 1.29 is 14.4 Å². The Labute approximate surface area is 115 Å². The zero-order valence-electron chi connectivity index (χ0n) is 10.5. The van der Waals surface area contributed by atoms with E-state index in [1.54, 1.807) is 19.2 Å². The smallest absolute Gasteiger partial charge is 0.277 e. The van der Waals surface area contributed by atoms with Gasteiger partial charge in [-0.25, -0.2) is 5.06 Å². The van der Waals surface area contributed by atoms with Gasteiger partial charge in [0.05, 0.1) is 13.7 Å². The van der Waals surface area contributed by atoms with Crippen molar-refractivity contribution in [3.63, 3.8) is 0 Å². The molecule has 0 aliphatic heterocycles. The van der Waals surface area contributed by atoms with Crippen LogP contribution in [-0.4, -0.2) is 31.7 Å². The van der Waals surface area contributed by atoms with Gasteiger partial charge < -0.3 is 4.74 Å². The molecule has 0 N–H and O–H groups in total. The van der Waals surface area contributed by atoms with Gasteiger partial charge in [0, 0.05) is 17.1 Å². The van der Waals surface area contributed by atoms with E-state index in [0.29, 0.717) is 17.2 Å². The van der Waals surface area contributed by atoms with E-state index >= 15 is 0 Å². The summed E-state index contributed by atoms with van der Waals surface area (Å²) >= 11 is 3.38. The van der Waals surface area contributed by atoms with Gasteiger partial charge in [0.1, 0.15) is 5.75 Å². The monoisotopic (exact) mass is 313 g/mol. The summed E-state index contributed by atoms with van der Waals surface area (Å²) in [5.41, 5.74) is 0.541. The minimum atomic E-state index is -0.199. The first-order valence-electron chi connectivity index (χ1n) is 5.85. The number of nitrogens with zero attached hydrogens (tertiary/aromatic N) is 1. The third-order valence-corrected chi connectivity index (χ3v) is 3.32. The maximum absolute atomic E-state index is 12.0. The molecule has 0 aromatic heterocycles. The first-order chi connectivity index (χ1) is 8.60. The molecule has 0 radical (unpaired) electrons. The van der Waals surface area contributed by atoms with Crippen molar-refractivity contribution in [1.82, 2.24) is 5.06 Å². The lowest BCUT2D eigenvalue weighted by atomic mass is 10.2. The van der Waals surface area contributed by atoms with Crippen LogP contribution in [0.25, 0.3) is 0 Å². The molecule has 18 heavy (non-hydrogen) atoms. The highest BCUT2D eigenvalue weighted by atomic mass is 79.9. The van der Waals surface area contributed by atoms with Crippen molar-refractivity contribution in [2.75, 3.05) is 20.8 Å². The van der Waals surface area contributed by atoms with Gasteiger partial charge >= 0.3 is 0 Å². The van der Waals surface area contributed by atoms with Crippen LogP contribution in [0.2, 0.25) is 0 Å². The van der Waals surface area contributed by atoms with Crippen LogP contribution in [0.5, 0.6) is 5.75 Å². The third-order valence-electron chi connectivity index (χ3n) is 2.86. The highest BCUT2D eigenvalue weighted by Crippen LogP contribution is 2.30. The minimum Gasteiger partial charge on any atom is -0.493 e. The summed E-state index contributed by atoms with van der Waals surface area (Å²) in [6.07, 6.45) is 2.48. The topological polar surface area (TPSA) is 38.8 Å². The quantitative estimate of drug-likeness (QED) is 0.785. The fourth-order valence-electron chi connectivity index (χ4n) is 1.53. The highest BCUT2D eigenvalue weighted by molar-refractivity contribution is 9.10. The Kier molecular flexibility index (Phi) is 4.24. The fourth-order valence-corrected chi connectivity index (χ4v) is 2.01. The second-order valence-corrected chi connectivity index (χ2v) is 5.33. The second-order valence-electron chi connectivity index (χ2n) is 4.42. The molecule has 1 aromatic carbocycles. The average molecular weight is 314 g/mol. The fraction of sp³-hybridized carbons (Fsp3) is 0.462. The van der Waals surface area contributed by atoms with Crippen molar-refractivity contribution >= 4 is 21.8 Å². The molecule has 1 aliphatic rings. The molecule has 0 spiro atoms. The van der Waals surface area contributed by atoms with Gasteiger partial charge in [0.2, 0.25) is 0 Å². The summed E-state index contributed by atoms with van der Waals surface area (Å²) in [5.74, 6) is 1.20. The predicted octanol–water partition coefficient (Wildman–Crippen LogP) is 2.87. The van der Waals surface area contributed by atoms with Crippen molar-refractivity contribution in [2.45, 2.75) is 12.8 Å². The molecule has 0 heterocycles. The van der Waals surface area contributed by atoms with E-state index in [4.69, 9.17) is 9.57 Å². The van der Waals surface area contributed by atoms with E-state index in [-0.39, 0.29) is 5.91 Å². The Morgan fingerprint density at radius 2 is 2.17 bits per heavy atom. The third kappa shape index (κ3) is 3.46. The number of hydrogen-bond acceptors (Lipinski definition) is 3. The molecular formula is C13H16BrNO3. The van der Waals surface area contributed by atoms with Crippen LogP contribution in [0, 0.1) is 5.92 Å². The van der Waals surface area contributed by atoms with Crippen LogP contribution in [0.4, 0.5) is 0 Å². The Hall–Kier alpha value is -1.07. The minimum absolute atomic E-state index is 0.199. The first kappa shape index (κ1) is 13.4. The van der Waals surface area contributed by atoms with Crippen molar-refractivity contribution in [1.29, 1.82) is 0 Å². The summed E-state index contributed by atoms with van der Waals surface area (Å²) in [6, 6.07) is 5.36. The molecule has 1 amide bonds. The molecule has 0 bridgehead atoms.